The molecule has 2 unspecified atom stereocenters. The number of carbonyl (C=O) groups is 1. The van der Waals surface area contributed by atoms with Crippen molar-refractivity contribution < 1.29 is 14.6 Å². The number of aromatic hydroxyl groups is 1. The van der Waals surface area contributed by atoms with E-state index in [0.29, 0.717) is 11.4 Å². The van der Waals surface area contributed by atoms with Gasteiger partial charge >= 0.3 is 0 Å². The molecule has 98 valence electrons. The van der Waals surface area contributed by atoms with E-state index in [0.717, 1.165) is 13.0 Å². The van der Waals surface area contributed by atoms with Crippen molar-refractivity contribution in [3.8, 4) is 11.5 Å². The topological polar surface area (TPSA) is 70.6 Å². The van der Waals surface area contributed by atoms with Crippen molar-refractivity contribution in [1.82, 2.24) is 5.32 Å². The number of hydrogen-bond donors (Lipinski definition) is 3. The normalized spacial score (nSPS) is 22.8. The Morgan fingerprint density at radius 3 is 2.94 bits per heavy atom. The van der Waals surface area contributed by atoms with E-state index in [1.165, 1.54) is 6.07 Å². The van der Waals surface area contributed by atoms with Crippen molar-refractivity contribution in [2.24, 2.45) is 5.92 Å². The zero-order valence-corrected chi connectivity index (χ0v) is 10.6. The van der Waals surface area contributed by atoms with E-state index in [1.807, 2.05) is 6.92 Å². The molecule has 0 aromatic heterocycles. The highest BCUT2D eigenvalue weighted by atomic mass is 16.5. The predicted octanol–water partition coefficient (Wildman–Crippen LogP) is 1.34. The highest BCUT2D eigenvalue weighted by molar-refractivity contribution is 5.94. The molecule has 5 heteroatoms. The fraction of sp³-hybridized carbons (Fsp3) is 0.462. The van der Waals surface area contributed by atoms with Gasteiger partial charge in [0.2, 0.25) is 5.91 Å². The molecule has 1 amide bonds. The lowest BCUT2D eigenvalue weighted by Gasteiger charge is -2.16. The quantitative estimate of drug-likeness (QED) is 0.708. The minimum atomic E-state index is -0.0731. The third kappa shape index (κ3) is 2.56. The molecular weight excluding hydrogens is 232 g/mol. The van der Waals surface area contributed by atoms with Crippen molar-refractivity contribution in [2.75, 3.05) is 19.0 Å². The summed E-state index contributed by atoms with van der Waals surface area (Å²) in [4.78, 5) is 12.1. The number of anilines is 1. The van der Waals surface area contributed by atoms with Gasteiger partial charge in [-0.1, -0.05) is 0 Å². The van der Waals surface area contributed by atoms with Gasteiger partial charge in [0.15, 0.2) is 0 Å². The number of phenols is 1. The van der Waals surface area contributed by atoms with Crippen LogP contribution < -0.4 is 15.4 Å². The van der Waals surface area contributed by atoms with Gasteiger partial charge in [0.05, 0.1) is 18.7 Å². The molecule has 1 aromatic carbocycles. The van der Waals surface area contributed by atoms with Crippen LogP contribution in [0.2, 0.25) is 0 Å². The van der Waals surface area contributed by atoms with Gasteiger partial charge in [-0.2, -0.15) is 0 Å². The number of rotatable bonds is 3. The van der Waals surface area contributed by atoms with Crippen LogP contribution in [0.3, 0.4) is 0 Å². The van der Waals surface area contributed by atoms with Crippen LogP contribution in [0.25, 0.3) is 0 Å². The fourth-order valence-corrected chi connectivity index (χ4v) is 2.18. The third-order valence-corrected chi connectivity index (χ3v) is 3.32. The van der Waals surface area contributed by atoms with Crippen LogP contribution >= 0.6 is 0 Å². The van der Waals surface area contributed by atoms with E-state index in [2.05, 4.69) is 10.6 Å². The van der Waals surface area contributed by atoms with Crippen LogP contribution in [0.15, 0.2) is 18.2 Å². The SMILES string of the molecule is COc1ccc(O)c(NC(=O)C2CCNC2C)c1. The molecule has 1 aromatic rings. The number of carbonyl (C=O) groups excluding carboxylic acids is 1. The molecule has 1 aliphatic rings. The van der Waals surface area contributed by atoms with E-state index in [9.17, 15) is 9.90 Å². The minimum absolute atomic E-state index is 0.0442. The summed E-state index contributed by atoms with van der Waals surface area (Å²) in [6, 6.07) is 4.92. The van der Waals surface area contributed by atoms with E-state index in [4.69, 9.17) is 4.74 Å². The molecule has 0 spiro atoms. The number of nitrogens with one attached hydrogen (secondary N) is 2. The van der Waals surface area contributed by atoms with Crippen molar-refractivity contribution >= 4 is 11.6 Å². The molecule has 1 aliphatic heterocycles. The number of ether oxygens (including phenoxy) is 1. The van der Waals surface area contributed by atoms with Crippen LogP contribution in [0.1, 0.15) is 13.3 Å². The molecule has 0 radical (unpaired) electrons. The van der Waals surface area contributed by atoms with Crippen molar-refractivity contribution in [3.05, 3.63) is 18.2 Å². The first-order valence-electron chi connectivity index (χ1n) is 6.03. The second-order valence-electron chi connectivity index (χ2n) is 4.51. The van der Waals surface area contributed by atoms with Gasteiger partial charge in [-0.25, -0.2) is 0 Å². The van der Waals surface area contributed by atoms with E-state index >= 15 is 0 Å². The van der Waals surface area contributed by atoms with Gasteiger partial charge in [0.1, 0.15) is 11.5 Å². The summed E-state index contributed by atoms with van der Waals surface area (Å²) in [5, 5.41) is 15.7. The van der Waals surface area contributed by atoms with Gasteiger partial charge in [0, 0.05) is 12.1 Å². The summed E-state index contributed by atoms with van der Waals surface area (Å²) in [6.45, 7) is 2.84. The number of benzene rings is 1. The minimum Gasteiger partial charge on any atom is -0.506 e. The van der Waals surface area contributed by atoms with Crippen molar-refractivity contribution in [2.45, 2.75) is 19.4 Å². The maximum atomic E-state index is 12.1. The van der Waals surface area contributed by atoms with Crippen LogP contribution in [-0.4, -0.2) is 30.7 Å². The standard InChI is InChI=1S/C13H18N2O3/c1-8-10(5-6-14-8)13(17)15-11-7-9(18-2)3-4-12(11)16/h3-4,7-8,10,14,16H,5-6H2,1-2H3,(H,15,17). The highest BCUT2D eigenvalue weighted by Gasteiger charge is 2.29. The predicted molar refractivity (Wildman–Crippen MR) is 68.9 cm³/mol. The third-order valence-electron chi connectivity index (χ3n) is 3.32. The van der Waals surface area contributed by atoms with Crippen LogP contribution in [0.5, 0.6) is 11.5 Å². The Labute approximate surface area is 106 Å². The highest BCUT2D eigenvalue weighted by Crippen LogP contribution is 2.29. The van der Waals surface area contributed by atoms with E-state index in [1.54, 1.807) is 19.2 Å². The molecule has 0 saturated carbocycles. The van der Waals surface area contributed by atoms with Gasteiger partial charge in [-0.3, -0.25) is 4.79 Å². The van der Waals surface area contributed by atoms with E-state index < -0.39 is 0 Å². The van der Waals surface area contributed by atoms with E-state index in [-0.39, 0.29) is 23.6 Å². The number of hydrogen-bond acceptors (Lipinski definition) is 4. The van der Waals surface area contributed by atoms with Gasteiger partial charge in [-0.05, 0) is 32.0 Å². The Bertz CT molecular complexity index is 448. The zero-order chi connectivity index (χ0) is 13.1. The Kier molecular flexibility index (Phi) is 3.72. The average molecular weight is 250 g/mol. The summed E-state index contributed by atoms with van der Waals surface area (Å²) in [5.41, 5.74) is 0.387. The zero-order valence-electron chi connectivity index (χ0n) is 10.6. The molecule has 2 rings (SSSR count). The lowest BCUT2D eigenvalue weighted by atomic mass is 10.0. The van der Waals surface area contributed by atoms with Gasteiger partial charge in [0.25, 0.3) is 0 Å². The Morgan fingerprint density at radius 2 is 2.33 bits per heavy atom. The monoisotopic (exact) mass is 250 g/mol. The maximum Gasteiger partial charge on any atom is 0.229 e. The lowest BCUT2D eigenvalue weighted by molar-refractivity contribution is -0.120. The second-order valence-corrected chi connectivity index (χ2v) is 4.51. The first-order chi connectivity index (χ1) is 8.61. The number of phenolic OH excluding ortho intramolecular Hbond substituents is 1. The van der Waals surface area contributed by atoms with Crippen LogP contribution in [-0.2, 0) is 4.79 Å². The largest absolute Gasteiger partial charge is 0.506 e. The maximum absolute atomic E-state index is 12.1. The molecule has 0 bridgehead atoms. The van der Waals surface area contributed by atoms with Gasteiger partial charge < -0.3 is 20.5 Å². The second kappa shape index (κ2) is 5.27. The smallest absolute Gasteiger partial charge is 0.229 e. The number of amides is 1. The number of methoxy groups -OCH3 is 1. The summed E-state index contributed by atoms with van der Waals surface area (Å²) in [7, 11) is 1.54. The molecule has 0 aliphatic carbocycles. The lowest BCUT2D eigenvalue weighted by Crippen LogP contribution is -2.32. The van der Waals surface area contributed by atoms with Crippen molar-refractivity contribution in [3.63, 3.8) is 0 Å². The Morgan fingerprint density at radius 1 is 1.56 bits per heavy atom. The van der Waals surface area contributed by atoms with Gasteiger partial charge in [-0.15, -0.1) is 0 Å². The van der Waals surface area contributed by atoms with Crippen LogP contribution in [0, 0.1) is 5.92 Å². The molecule has 1 heterocycles. The molecule has 1 saturated heterocycles. The summed E-state index contributed by atoms with van der Waals surface area (Å²) >= 11 is 0. The summed E-state index contributed by atoms with van der Waals surface area (Å²) < 4.78 is 5.06. The summed E-state index contributed by atoms with van der Waals surface area (Å²) in [6.07, 6.45) is 0.817. The Hall–Kier alpha value is -1.75. The first-order valence-corrected chi connectivity index (χ1v) is 6.03. The molecule has 1 fully saturated rings. The molecular formula is C13H18N2O3. The molecule has 18 heavy (non-hydrogen) atoms. The summed E-state index contributed by atoms with van der Waals surface area (Å²) in [5.74, 6) is 0.509. The molecule has 2 atom stereocenters. The average Bonchev–Trinajstić information content (AvgIpc) is 2.78. The molecule has 5 nitrogen and oxygen atoms in total. The fourth-order valence-electron chi connectivity index (χ4n) is 2.18. The first kappa shape index (κ1) is 12.7. The van der Waals surface area contributed by atoms with Crippen LogP contribution in [0.4, 0.5) is 5.69 Å². The Balaban J connectivity index is 2.11. The molecule has 3 N–H and O–H groups in total. The van der Waals surface area contributed by atoms with Crippen molar-refractivity contribution in [1.29, 1.82) is 0 Å².